The quantitative estimate of drug-likeness (QED) is 0.508. The summed E-state index contributed by atoms with van der Waals surface area (Å²) in [5.41, 5.74) is 3.86. The van der Waals surface area contributed by atoms with Gasteiger partial charge in [0, 0.05) is 25.8 Å². The van der Waals surface area contributed by atoms with Gasteiger partial charge in [-0.15, -0.1) is 0 Å². The summed E-state index contributed by atoms with van der Waals surface area (Å²) in [6.07, 6.45) is 5.26. The van der Waals surface area contributed by atoms with Crippen molar-refractivity contribution in [3.05, 3.63) is 66.5 Å². The van der Waals surface area contributed by atoms with E-state index in [-0.39, 0.29) is 12.0 Å². The van der Waals surface area contributed by atoms with Crippen LogP contribution in [-0.4, -0.2) is 58.7 Å². The Morgan fingerprint density at radius 2 is 2.03 bits per heavy atom. The van der Waals surface area contributed by atoms with Gasteiger partial charge in [0.05, 0.1) is 18.2 Å². The zero-order valence-electron chi connectivity index (χ0n) is 16.4. The van der Waals surface area contributed by atoms with E-state index in [0.717, 1.165) is 11.1 Å². The van der Waals surface area contributed by atoms with Crippen LogP contribution in [0.4, 0.5) is 0 Å². The van der Waals surface area contributed by atoms with Crippen molar-refractivity contribution in [2.45, 2.75) is 18.6 Å². The van der Waals surface area contributed by atoms with Crippen LogP contribution in [0, 0.1) is 5.92 Å². The summed E-state index contributed by atoms with van der Waals surface area (Å²) < 4.78 is 5.89. The summed E-state index contributed by atoms with van der Waals surface area (Å²) in [7, 11) is 0. The SMILES string of the molecule is O=C(NO)[C@H]1C[C@H](Oc2cccnc2)CN[C@@H]1C(=O)N1CC=C(c2ccccc2)C1. The van der Waals surface area contributed by atoms with Crippen LogP contribution < -0.4 is 15.5 Å². The van der Waals surface area contributed by atoms with Crippen molar-refractivity contribution in [1.82, 2.24) is 20.7 Å². The van der Waals surface area contributed by atoms with Crippen LogP contribution in [0.3, 0.4) is 0 Å². The Hall–Kier alpha value is -3.23. The van der Waals surface area contributed by atoms with Gasteiger partial charge in [-0.2, -0.15) is 0 Å². The van der Waals surface area contributed by atoms with E-state index in [2.05, 4.69) is 10.3 Å². The molecule has 1 aromatic carbocycles. The van der Waals surface area contributed by atoms with E-state index in [9.17, 15) is 14.8 Å². The van der Waals surface area contributed by atoms with Gasteiger partial charge in [-0.3, -0.25) is 19.8 Å². The minimum absolute atomic E-state index is 0.161. The van der Waals surface area contributed by atoms with Crippen LogP contribution in [0.1, 0.15) is 12.0 Å². The average molecular weight is 408 g/mol. The van der Waals surface area contributed by atoms with Gasteiger partial charge in [-0.05, 0) is 29.7 Å². The van der Waals surface area contributed by atoms with Gasteiger partial charge < -0.3 is 15.0 Å². The molecule has 0 bridgehead atoms. The molecule has 1 fully saturated rings. The molecular formula is C22H24N4O4. The molecule has 3 heterocycles. The fraction of sp³-hybridized carbons (Fsp3) is 0.318. The fourth-order valence-electron chi connectivity index (χ4n) is 3.98. The van der Waals surface area contributed by atoms with Crippen molar-refractivity contribution in [2.75, 3.05) is 19.6 Å². The van der Waals surface area contributed by atoms with E-state index in [4.69, 9.17) is 4.74 Å². The molecule has 0 radical (unpaired) electrons. The van der Waals surface area contributed by atoms with Gasteiger partial charge in [0.15, 0.2) is 0 Å². The number of hydrogen-bond acceptors (Lipinski definition) is 6. The van der Waals surface area contributed by atoms with Crippen LogP contribution in [0.2, 0.25) is 0 Å². The number of carbonyl (C=O) groups excluding carboxylic acids is 2. The molecule has 0 unspecified atom stereocenters. The van der Waals surface area contributed by atoms with Crippen molar-refractivity contribution in [1.29, 1.82) is 0 Å². The number of carbonyl (C=O) groups is 2. The molecule has 156 valence electrons. The molecule has 2 aliphatic rings. The van der Waals surface area contributed by atoms with Gasteiger partial charge >= 0.3 is 0 Å². The van der Waals surface area contributed by atoms with Crippen LogP contribution in [-0.2, 0) is 9.59 Å². The number of nitrogens with one attached hydrogen (secondary N) is 2. The first-order chi connectivity index (χ1) is 14.7. The number of aromatic nitrogens is 1. The monoisotopic (exact) mass is 408 g/mol. The second-order valence-electron chi connectivity index (χ2n) is 7.45. The van der Waals surface area contributed by atoms with E-state index in [0.29, 0.717) is 31.8 Å². The maximum absolute atomic E-state index is 13.2. The molecule has 4 rings (SSSR count). The molecule has 30 heavy (non-hydrogen) atoms. The highest BCUT2D eigenvalue weighted by Gasteiger charge is 2.42. The molecule has 3 atom stereocenters. The van der Waals surface area contributed by atoms with Crippen LogP contribution >= 0.6 is 0 Å². The third-order valence-electron chi connectivity index (χ3n) is 5.51. The maximum Gasteiger partial charge on any atom is 0.248 e. The Morgan fingerprint density at radius 1 is 1.20 bits per heavy atom. The molecule has 0 saturated carbocycles. The molecule has 2 aliphatic heterocycles. The van der Waals surface area contributed by atoms with E-state index in [1.165, 1.54) is 0 Å². The van der Waals surface area contributed by atoms with E-state index < -0.39 is 17.9 Å². The number of benzene rings is 1. The number of nitrogens with zero attached hydrogens (tertiary/aromatic N) is 2. The third-order valence-corrected chi connectivity index (χ3v) is 5.51. The predicted molar refractivity (Wildman–Crippen MR) is 109 cm³/mol. The van der Waals surface area contributed by atoms with Crippen molar-refractivity contribution in [3.8, 4) is 5.75 Å². The summed E-state index contributed by atoms with van der Waals surface area (Å²) in [6.45, 7) is 1.39. The topological polar surface area (TPSA) is 104 Å². The van der Waals surface area contributed by atoms with Crippen molar-refractivity contribution in [2.24, 2.45) is 5.92 Å². The second-order valence-corrected chi connectivity index (χ2v) is 7.45. The van der Waals surface area contributed by atoms with Crippen LogP contribution in [0.25, 0.3) is 5.57 Å². The summed E-state index contributed by atoms with van der Waals surface area (Å²) >= 11 is 0. The molecule has 2 amide bonds. The molecular weight excluding hydrogens is 384 g/mol. The van der Waals surface area contributed by atoms with Crippen LogP contribution in [0.5, 0.6) is 5.75 Å². The zero-order valence-corrected chi connectivity index (χ0v) is 16.4. The molecule has 3 N–H and O–H groups in total. The van der Waals surface area contributed by atoms with Gasteiger partial charge in [0.2, 0.25) is 11.8 Å². The normalized spacial score (nSPS) is 23.6. The predicted octanol–water partition coefficient (Wildman–Crippen LogP) is 1.24. The van der Waals surface area contributed by atoms with E-state index >= 15 is 0 Å². The standard InChI is InChI=1S/C22H24N4O4/c27-21(25-29)19-11-18(30-17-7-4-9-23-12-17)13-24-20(19)22(28)26-10-8-16(14-26)15-5-2-1-3-6-15/h1-9,12,18-20,24,29H,10-11,13-14H2,(H,25,27)/t18-,19-,20-/m0/s1. The summed E-state index contributed by atoms with van der Waals surface area (Å²) in [6, 6.07) is 12.7. The molecule has 1 aromatic heterocycles. The number of pyridine rings is 1. The lowest BCUT2D eigenvalue weighted by Gasteiger charge is -2.36. The Morgan fingerprint density at radius 3 is 2.77 bits per heavy atom. The molecule has 0 aliphatic carbocycles. The zero-order chi connectivity index (χ0) is 20.9. The first-order valence-corrected chi connectivity index (χ1v) is 9.93. The van der Waals surface area contributed by atoms with Crippen LogP contribution in [0.15, 0.2) is 60.9 Å². The van der Waals surface area contributed by atoms with Crippen molar-refractivity contribution < 1.29 is 19.5 Å². The average Bonchev–Trinajstić information content (AvgIpc) is 3.30. The van der Waals surface area contributed by atoms with E-state index in [1.807, 2.05) is 36.4 Å². The summed E-state index contributed by atoms with van der Waals surface area (Å²) in [5.74, 6) is -0.923. The highest BCUT2D eigenvalue weighted by Crippen LogP contribution is 2.26. The minimum atomic E-state index is -0.751. The van der Waals surface area contributed by atoms with Crippen molar-refractivity contribution >= 4 is 17.4 Å². The number of amides is 2. The number of hydroxylamine groups is 1. The lowest BCUT2D eigenvalue weighted by Crippen LogP contribution is -2.60. The number of rotatable bonds is 5. The first-order valence-electron chi connectivity index (χ1n) is 9.93. The van der Waals surface area contributed by atoms with Crippen molar-refractivity contribution in [3.63, 3.8) is 0 Å². The molecule has 2 aromatic rings. The van der Waals surface area contributed by atoms with Gasteiger partial charge in [0.1, 0.15) is 11.9 Å². The second kappa shape index (κ2) is 9.06. The maximum atomic E-state index is 13.2. The van der Waals surface area contributed by atoms with E-state index in [1.54, 1.807) is 34.9 Å². The highest BCUT2D eigenvalue weighted by atomic mass is 16.5. The smallest absolute Gasteiger partial charge is 0.248 e. The minimum Gasteiger partial charge on any atom is -0.487 e. The lowest BCUT2D eigenvalue weighted by molar-refractivity contribution is -0.144. The summed E-state index contributed by atoms with van der Waals surface area (Å²) in [5, 5.41) is 12.4. The molecule has 1 saturated heterocycles. The lowest BCUT2D eigenvalue weighted by atomic mass is 9.87. The van der Waals surface area contributed by atoms with Gasteiger partial charge in [0.25, 0.3) is 0 Å². The Kier molecular flexibility index (Phi) is 6.06. The molecule has 0 spiro atoms. The number of ether oxygens (including phenoxy) is 1. The summed E-state index contributed by atoms with van der Waals surface area (Å²) in [4.78, 5) is 31.3. The fourth-order valence-corrected chi connectivity index (χ4v) is 3.98. The van der Waals surface area contributed by atoms with Gasteiger partial charge in [-0.1, -0.05) is 36.4 Å². The van der Waals surface area contributed by atoms with Gasteiger partial charge in [-0.25, -0.2) is 5.48 Å². The highest BCUT2D eigenvalue weighted by molar-refractivity contribution is 5.91. The Bertz CT molecular complexity index is 919. The molecule has 8 nitrogen and oxygen atoms in total. The molecule has 8 heteroatoms. The number of hydrogen-bond donors (Lipinski definition) is 3. The Balaban J connectivity index is 1.42. The number of piperidine rings is 1. The Labute approximate surface area is 174 Å². The third kappa shape index (κ3) is 4.34. The first kappa shape index (κ1) is 20.1. The largest absolute Gasteiger partial charge is 0.487 e.